The first-order valence-electron chi connectivity index (χ1n) is 9.47. The number of fused-ring (bicyclic) bond motifs is 1. The number of rotatable bonds is 4. The van der Waals surface area contributed by atoms with Crippen LogP contribution in [0.1, 0.15) is 76.5 Å². The van der Waals surface area contributed by atoms with E-state index in [1.165, 1.54) is 6.26 Å². The number of amides is 2. The van der Waals surface area contributed by atoms with Gasteiger partial charge in [-0.1, -0.05) is 12.8 Å². The van der Waals surface area contributed by atoms with Crippen molar-refractivity contribution in [2.24, 2.45) is 5.10 Å². The predicted octanol–water partition coefficient (Wildman–Crippen LogP) is 3.32. The lowest BCUT2D eigenvalue weighted by atomic mass is 9.93. The average molecular weight is 369 g/mol. The van der Waals surface area contributed by atoms with Crippen LogP contribution in [0.15, 0.2) is 32.3 Å². The first-order valence-corrected chi connectivity index (χ1v) is 9.47. The number of hydrazone groups is 1. The Hall–Kier alpha value is -2.83. The summed E-state index contributed by atoms with van der Waals surface area (Å²) in [6, 6.07) is 3.46. The van der Waals surface area contributed by atoms with E-state index in [2.05, 4.69) is 15.8 Å². The maximum atomic E-state index is 12.6. The van der Waals surface area contributed by atoms with Crippen molar-refractivity contribution < 1.29 is 18.4 Å². The molecule has 0 atom stereocenters. The van der Waals surface area contributed by atoms with Gasteiger partial charge in [-0.2, -0.15) is 5.10 Å². The van der Waals surface area contributed by atoms with Crippen molar-refractivity contribution in [2.75, 3.05) is 0 Å². The highest BCUT2D eigenvalue weighted by Crippen LogP contribution is 2.30. The van der Waals surface area contributed by atoms with Crippen LogP contribution >= 0.6 is 0 Å². The van der Waals surface area contributed by atoms with E-state index in [0.29, 0.717) is 5.76 Å². The molecule has 0 aromatic carbocycles. The lowest BCUT2D eigenvalue weighted by Gasteiger charge is -2.13. The van der Waals surface area contributed by atoms with Gasteiger partial charge in [0.25, 0.3) is 5.91 Å². The molecular formula is C20H23N3O4. The summed E-state index contributed by atoms with van der Waals surface area (Å²) >= 11 is 0. The van der Waals surface area contributed by atoms with Crippen LogP contribution in [0.25, 0.3) is 0 Å². The second-order valence-corrected chi connectivity index (χ2v) is 7.14. The molecule has 27 heavy (non-hydrogen) atoms. The number of aryl methyl sites for hydroxylation is 1. The highest BCUT2D eigenvalue weighted by atomic mass is 16.4. The summed E-state index contributed by atoms with van der Waals surface area (Å²) in [5.41, 5.74) is 4.90. The molecular weight excluding hydrogens is 346 g/mol. The molecule has 1 saturated carbocycles. The molecule has 1 fully saturated rings. The fourth-order valence-electron chi connectivity index (χ4n) is 3.90. The first-order chi connectivity index (χ1) is 13.1. The molecule has 2 N–H and O–H groups in total. The molecule has 2 aromatic rings. The van der Waals surface area contributed by atoms with Gasteiger partial charge in [0, 0.05) is 23.6 Å². The van der Waals surface area contributed by atoms with Crippen LogP contribution in [0.5, 0.6) is 0 Å². The largest absolute Gasteiger partial charge is 0.459 e. The fraction of sp³-hybridized carbons (Fsp3) is 0.450. The molecule has 0 unspecified atom stereocenters. The minimum absolute atomic E-state index is 0.159. The molecule has 0 bridgehead atoms. The standard InChI is InChI=1S/C20H23N3O4/c1-12-17-14(22-23-19(24)16-10-5-11-26-16)8-4-9-15(17)27-18(12)20(25)21-13-6-2-3-7-13/h5,10-11,13H,2-4,6-9H2,1H3,(H,21,25)(H,23,24)/b22-14+. The lowest BCUT2D eigenvalue weighted by Crippen LogP contribution is -2.32. The monoisotopic (exact) mass is 369 g/mol. The van der Waals surface area contributed by atoms with Crippen LogP contribution in [0.3, 0.4) is 0 Å². The third-order valence-corrected chi connectivity index (χ3v) is 5.26. The molecule has 2 aliphatic rings. The Bertz CT molecular complexity index is 873. The molecule has 0 saturated heterocycles. The van der Waals surface area contributed by atoms with E-state index in [1.54, 1.807) is 12.1 Å². The minimum Gasteiger partial charge on any atom is -0.459 e. The van der Waals surface area contributed by atoms with Crippen LogP contribution in [0, 0.1) is 6.92 Å². The molecule has 7 nitrogen and oxygen atoms in total. The maximum absolute atomic E-state index is 12.6. The van der Waals surface area contributed by atoms with Gasteiger partial charge in [0.15, 0.2) is 11.5 Å². The molecule has 2 aromatic heterocycles. The van der Waals surface area contributed by atoms with Crippen LogP contribution in [-0.4, -0.2) is 23.6 Å². The Morgan fingerprint density at radius 2 is 1.96 bits per heavy atom. The number of nitrogens with zero attached hydrogens (tertiary/aromatic N) is 1. The number of carbonyl (C=O) groups excluding carboxylic acids is 2. The summed E-state index contributed by atoms with van der Waals surface area (Å²) < 4.78 is 11.0. The number of nitrogens with one attached hydrogen (secondary N) is 2. The van der Waals surface area contributed by atoms with E-state index in [4.69, 9.17) is 8.83 Å². The molecule has 7 heteroatoms. The SMILES string of the molecule is Cc1c(C(=O)NC2CCCC2)oc2c1/C(=N/NC(=O)c1ccco1)CCC2. The zero-order valence-corrected chi connectivity index (χ0v) is 15.3. The molecule has 0 radical (unpaired) electrons. The van der Waals surface area contributed by atoms with Crippen molar-refractivity contribution in [1.82, 2.24) is 10.7 Å². The van der Waals surface area contributed by atoms with E-state index in [9.17, 15) is 9.59 Å². The average Bonchev–Trinajstić information content (AvgIpc) is 3.41. The van der Waals surface area contributed by atoms with Crippen LogP contribution in [-0.2, 0) is 6.42 Å². The molecule has 0 aliphatic heterocycles. The predicted molar refractivity (Wildman–Crippen MR) is 98.8 cm³/mol. The highest BCUT2D eigenvalue weighted by molar-refractivity contribution is 6.07. The summed E-state index contributed by atoms with van der Waals surface area (Å²) in [6.07, 6.45) is 8.14. The van der Waals surface area contributed by atoms with Gasteiger partial charge >= 0.3 is 5.91 Å². The van der Waals surface area contributed by atoms with Crippen molar-refractivity contribution >= 4 is 17.5 Å². The quantitative estimate of drug-likeness (QED) is 0.808. The van der Waals surface area contributed by atoms with Gasteiger partial charge in [-0.15, -0.1) is 0 Å². The molecule has 0 spiro atoms. The van der Waals surface area contributed by atoms with E-state index in [-0.39, 0.29) is 17.7 Å². The third kappa shape index (κ3) is 3.54. The molecule has 2 aliphatic carbocycles. The topological polar surface area (TPSA) is 96.8 Å². The summed E-state index contributed by atoms with van der Waals surface area (Å²) in [7, 11) is 0. The lowest BCUT2D eigenvalue weighted by molar-refractivity contribution is 0.0904. The Labute approximate surface area is 157 Å². The van der Waals surface area contributed by atoms with E-state index < -0.39 is 5.91 Å². The van der Waals surface area contributed by atoms with E-state index in [0.717, 1.165) is 67.5 Å². The van der Waals surface area contributed by atoms with Crippen molar-refractivity contribution in [1.29, 1.82) is 0 Å². The summed E-state index contributed by atoms with van der Waals surface area (Å²) in [6.45, 7) is 1.88. The zero-order valence-electron chi connectivity index (χ0n) is 15.3. The molecule has 142 valence electrons. The Kier molecular flexibility index (Phi) is 4.83. The van der Waals surface area contributed by atoms with Crippen LogP contribution < -0.4 is 10.7 Å². The zero-order chi connectivity index (χ0) is 18.8. The Balaban J connectivity index is 1.55. The van der Waals surface area contributed by atoms with E-state index >= 15 is 0 Å². The smallest absolute Gasteiger partial charge is 0.307 e. The second-order valence-electron chi connectivity index (χ2n) is 7.14. The van der Waals surface area contributed by atoms with Crippen molar-refractivity contribution in [3.8, 4) is 0 Å². The van der Waals surface area contributed by atoms with Crippen molar-refractivity contribution in [3.63, 3.8) is 0 Å². The number of hydrogen-bond acceptors (Lipinski definition) is 5. The van der Waals surface area contributed by atoms with Crippen molar-refractivity contribution in [3.05, 3.63) is 46.8 Å². The molecule has 2 amide bonds. The summed E-state index contributed by atoms with van der Waals surface area (Å²) in [5.74, 6) is 0.767. The Morgan fingerprint density at radius 1 is 1.15 bits per heavy atom. The van der Waals surface area contributed by atoms with Gasteiger partial charge in [0.05, 0.1) is 12.0 Å². The molecule has 4 rings (SSSR count). The number of furan rings is 2. The number of carbonyl (C=O) groups is 2. The van der Waals surface area contributed by atoms with E-state index in [1.807, 2.05) is 6.92 Å². The number of hydrogen-bond donors (Lipinski definition) is 2. The minimum atomic E-state index is -0.403. The van der Waals surface area contributed by atoms with Gasteiger partial charge in [-0.25, -0.2) is 5.43 Å². The second kappa shape index (κ2) is 7.42. The third-order valence-electron chi connectivity index (χ3n) is 5.26. The van der Waals surface area contributed by atoms with Crippen LogP contribution in [0.2, 0.25) is 0 Å². The summed E-state index contributed by atoms with van der Waals surface area (Å²) in [4.78, 5) is 24.7. The highest BCUT2D eigenvalue weighted by Gasteiger charge is 2.29. The fourth-order valence-corrected chi connectivity index (χ4v) is 3.90. The molecule has 2 heterocycles. The normalized spacial score (nSPS) is 18.5. The van der Waals surface area contributed by atoms with Gasteiger partial charge in [0.1, 0.15) is 5.76 Å². The summed E-state index contributed by atoms with van der Waals surface area (Å²) in [5, 5.41) is 7.36. The Morgan fingerprint density at radius 3 is 2.70 bits per heavy atom. The van der Waals surface area contributed by atoms with Crippen LogP contribution in [0.4, 0.5) is 0 Å². The van der Waals surface area contributed by atoms with Crippen molar-refractivity contribution in [2.45, 2.75) is 57.9 Å². The van der Waals surface area contributed by atoms with Gasteiger partial charge in [-0.05, 0) is 44.7 Å². The van der Waals surface area contributed by atoms with Gasteiger partial charge in [0.2, 0.25) is 0 Å². The van der Waals surface area contributed by atoms with Gasteiger partial charge in [-0.3, -0.25) is 9.59 Å². The first kappa shape index (κ1) is 17.6. The maximum Gasteiger partial charge on any atom is 0.307 e. The van der Waals surface area contributed by atoms with Gasteiger partial charge < -0.3 is 14.2 Å².